The van der Waals surface area contributed by atoms with Gasteiger partial charge in [0.2, 0.25) is 0 Å². The summed E-state index contributed by atoms with van der Waals surface area (Å²) in [5.74, 6) is 0. The molecule has 2 nitrogen and oxygen atoms in total. The molecular weight excluding hydrogens is 160 g/mol. The van der Waals surface area contributed by atoms with E-state index < -0.39 is 0 Å². The molecule has 0 spiro atoms. The lowest BCUT2D eigenvalue weighted by Gasteiger charge is -2.00. The van der Waals surface area contributed by atoms with Gasteiger partial charge < -0.3 is 5.32 Å². The summed E-state index contributed by atoms with van der Waals surface area (Å²) < 4.78 is 0. The molecule has 0 unspecified atom stereocenters. The Hall–Kier alpha value is -1.41. The molecule has 0 saturated carbocycles. The fraction of sp³-hybridized carbons (Fsp3) is 0.182. The second kappa shape index (κ2) is 2.54. The van der Waals surface area contributed by atoms with Gasteiger partial charge >= 0.3 is 0 Å². The van der Waals surface area contributed by atoms with Crippen LogP contribution in [0.1, 0.15) is 11.3 Å². The summed E-state index contributed by atoms with van der Waals surface area (Å²) in [5, 5.41) is 4.54. The molecule has 0 radical (unpaired) electrons. The summed E-state index contributed by atoms with van der Waals surface area (Å²) in [6.07, 6.45) is 0. The molecule has 1 aliphatic heterocycles. The highest BCUT2D eigenvalue weighted by Gasteiger charge is 2.11. The second-order valence-electron chi connectivity index (χ2n) is 3.39. The standard InChI is InChI=1S/C11H10N2/c1-2-4-10-8(3-1)5-9-6-12-7-11(9)13-10/h1-5,12H,6-7H2. The number of pyridine rings is 1. The van der Waals surface area contributed by atoms with Crippen molar-refractivity contribution in [1.82, 2.24) is 10.3 Å². The summed E-state index contributed by atoms with van der Waals surface area (Å²) in [7, 11) is 0. The first kappa shape index (κ1) is 7.04. The van der Waals surface area contributed by atoms with Gasteiger partial charge in [-0.25, -0.2) is 0 Å². The van der Waals surface area contributed by atoms with E-state index in [1.807, 2.05) is 6.07 Å². The Morgan fingerprint density at radius 1 is 1.15 bits per heavy atom. The monoisotopic (exact) mass is 170 g/mol. The van der Waals surface area contributed by atoms with Crippen LogP contribution in [0.4, 0.5) is 0 Å². The van der Waals surface area contributed by atoms with Gasteiger partial charge in [-0.1, -0.05) is 18.2 Å². The van der Waals surface area contributed by atoms with Gasteiger partial charge in [0.15, 0.2) is 0 Å². The van der Waals surface area contributed by atoms with Gasteiger partial charge in [-0.05, 0) is 17.7 Å². The number of aromatic nitrogens is 1. The first-order chi connectivity index (χ1) is 6.43. The molecule has 0 amide bonds. The number of hydrogen-bond acceptors (Lipinski definition) is 2. The Labute approximate surface area is 76.6 Å². The minimum Gasteiger partial charge on any atom is -0.307 e. The number of para-hydroxylation sites is 1. The van der Waals surface area contributed by atoms with Crippen molar-refractivity contribution in [2.75, 3.05) is 0 Å². The molecule has 1 aromatic heterocycles. The van der Waals surface area contributed by atoms with Crippen LogP contribution in [0, 0.1) is 0 Å². The second-order valence-corrected chi connectivity index (χ2v) is 3.39. The molecule has 64 valence electrons. The number of nitrogens with one attached hydrogen (secondary N) is 1. The van der Waals surface area contributed by atoms with E-state index in [4.69, 9.17) is 0 Å². The Morgan fingerprint density at radius 2 is 2.08 bits per heavy atom. The van der Waals surface area contributed by atoms with Crippen LogP contribution < -0.4 is 5.32 Å². The average molecular weight is 170 g/mol. The van der Waals surface area contributed by atoms with E-state index in [9.17, 15) is 0 Å². The van der Waals surface area contributed by atoms with Crippen molar-refractivity contribution in [3.63, 3.8) is 0 Å². The summed E-state index contributed by atoms with van der Waals surface area (Å²) in [6, 6.07) is 10.5. The van der Waals surface area contributed by atoms with Crippen LogP contribution in [-0.4, -0.2) is 4.98 Å². The van der Waals surface area contributed by atoms with E-state index in [2.05, 4.69) is 34.6 Å². The normalized spacial score (nSPS) is 14.8. The van der Waals surface area contributed by atoms with Crippen molar-refractivity contribution in [1.29, 1.82) is 0 Å². The van der Waals surface area contributed by atoms with Crippen LogP contribution in [0.2, 0.25) is 0 Å². The lowest BCUT2D eigenvalue weighted by atomic mass is 10.1. The van der Waals surface area contributed by atoms with Gasteiger partial charge in [0.1, 0.15) is 0 Å². The van der Waals surface area contributed by atoms with Crippen molar-refractivity contribution in [3.05, 3.63) is 41.6 Å². The predicted octanol–water partition coefficient (Wildman–Crippen LogP) is 1.84. The zero-order valence-corrected chi connectivity index (χ0v) is 7.25. The van der Waals surface area contributed by atoms with E-state index in [0.717, 1.165) is 18.6 Å². The molecule has 0 saturated heterocycles. The van der Waals surface area contributed by atoms with E-state index >= 15 is 0 Å². The van der Waals surface area contributed by atoms with Crippen molar-refractivity contribution >= 4 is 10.9 Å². The fourth-order valence-electron chi connectivity index (χ4n) is 1.82. The van der Waals surface area contributed by atoms with E-state index in [1.165, 1.54) is 16.6 Å². The molecule has 1 aliphatic rings. The molecule has 2 aromatic rings. The highest BCUT2D eigenvalue weighted by atomic mass is 14.9. The first-order valence-electron chi connectivity index (χ1n) is 4.52. The average Bonchev–Trinajstić information content (AvgIpc) is 2.61. The van der Waals surface area contributed by atoms with Crippen LogP contribution in [0.15, 0.2) is 30.3 Å². The molecule has 1 aromatic carbocycles. The summed E-state index contributed by atoms with van der Waals surface area (Å²) in [4.78, 5) is 4.59. The minimum absolute atomic E-state index is 0.917. The third-order valence-electron chi connectivity index (χ3n) is 2.50. The lowest BCUT2D eigenvalue weighted by molar-refractivity contribution is 0.758. The first-order valence-corrected chi connectivity index (χ1v) is 4.52. The zero-order chi connectivity index (χ0) is 8.67. The van der Waals surface area contributed by atoms with Crippen molar-refractivity contribution in [2.24, 2.45) is 0 Å². The topological polar surface area (TPSA) is 24.9 Å². The van der Waals surface area contributed by atoms with E-state index in [-0.39, 0.29) is 0 Å². The van der Waals surface area contributed by atoms with Gasteiger partial charge in [-0.15, -0.1) is 0 Å². The van der Waals surface area contributed by atoms with E-state index in [1.54, 1.807) is 0 Å². The Balaban J connectivity index is 2.36. The van der Waals surface area contributed by atoms with E-state index in [0.29, 0.717) is 0 Å². The molecule has 0 bridgehead atoms. The number of benzene rings is 1. The van der Waals surface area contributed by atoms with Gasteiger partial charge in [0.25, 0.3) is 0 Å². The maximum absolute atomic E-state index is 4.59. The van der Waals surface area contributed by atoms with Crippen LogP contribution in [0.25, 0.3) is 10.9 Å². The third kappa shape index (κ3) is 1.03. The highest BCUT2D eigenvalue weighted by Crippen LogP contribution is 2.19. The lowest BCUT2D eigenvalue weighted by Crippen LogP contribution is -2.00. The maximum atomic E-state index is 4.59. The summed E-state index contributed by atoms with van der Waals surface area (Å²) in [5.41, 5.74) is 3.65. The van der Waals surface area contributed by atoms with Crippen molar-refractivity contribution in [2.45, 2.75) is 13.1 Å². The number of rotatable bonds is 0. The predicted molar refractivity (Wildman–Crippen MR) is 52.3 cm³/mol. The van der Waals surface area contributed by atoms with Gasteiger partial charge in [-0.2, -0.15) is 0 Å². The zero-order valence-electron chi connectivity index (χ0n) is 7.25. The summed E-state index contributed by atoms with van der Waals surface area (Å²) >= 11 is 0. The van der Waals surface area contributed by atoms with Crippen LogP contribution in [-0.2, 0) is 13.1 Å². The van der Waals surface area contributed by atoms with Crippen LogP contribution >= 0.6 is 0 Å². The molecular formula is C11H10N2. The molecule has 13 heavy (non-hydrogen) atoms. The molecule has 0 aliphatic carbocycles. The van der Waals surface area contributed by atoms with Crippen molar-refractivity contribution < 1.29 is 0 Å². The fourth-order valence-corrected chi connectivity index (χ4v) is 1.82. The number of nitrogens with zero attached hydrogens (tertiary/aromatic N) is 1. The van der Waals surface area contributed by atoms with Gasteiger partial charge in [0, 0.05) is 18.5 Å². The molecule has 0 atom stereocenters. The van der Waals surface area contributed by atoms with Gasteiger partial charge in [-0.3, -0.25) is 4.98 Å². The quantitative estimate of drug-likeness (QED) is 0.652. The Bertz CT molecular complexity index is 420. The largest absolute Gasteiger partial charge is 0.307 e. The molecule has 3 rings (SSSR count). The van der Waals surface area contributed by atoms with Crippen LogP contribution in [0.5, 0.6) is 0 Å². The summed E-state index contributed by atoms with van der Waals surface area (Å²) in [6.45, 7) is 1.88. The SMILES string of the molecule is c1ccc2nc3c(cc2c1)CNC3. The number of hydrogen-bond donors (Lipinski definition) is 1. The van der Waals surface area contributed by atoms with Crippen LogP contribution in [0.3, 0.4) is 0 Å². The number of fused-ring (bicyclic) bond motifs is 2. The smallest absolute Gasteiger partial charge is 0.0706 e. The Morgan fingerprint density at radius 3 is 3.08 bits per heavy atom. The highest BCUT2D eigenvalue weighted by molar-refractivity contribution is 5.79. The molecule has 2 heteroatoms. The molecule has 0 fully saturated rings. The molecule has 2 heterocycles. The molecule has 1 N–H and O–H groups in total. The third-order valence-corrected chi connectivity index (χ3v) is 2.50. The Kier molecular flexibility index (Phi) is 1.37. The minimum atomic E-state index is 0.917. The maximum Gasteiger partial charge on any atom is 0.0706 e. The van der Waals surface area contributed by atoms with Crippen molar-refractivity contribution in [3.8, 4) is 0 Å². The van der Waals surface area contributed by atoms with Gasteiger partial charge in [0.05, 0.1) is 11.2 Å².